The van der Waals surface area contributed by atoms with E-state index < -0.39 is 0 Å². The summed E-state index contributed by atoms with van der Waals surface area (Å²) >= 11 is 0. The third-order valence-electron chi connectivity index (χ3n) is 5.62. The molecule has 1 amide bonds. The third-order valence-corrected chi connectivity index (χ3v) is 5.62. The lowest BCUT2D eigenvalue weighted by Gasteiger charge is -2.32. The number of nitrogens with zero attached hydrogens (tertiary/aromatic N) is 5. The lowest BCUT2D eigenvalue weighted by molar-refractivity contribution is 0.0690. The fourth-order valence-electron chi connectivity index (χ4n) is 3.99. The van der Waals surface area contributed by atoms with Crippen LogP contribution in [0.2, 0.25) is 0 Å². The maximum Gasteiger partial charge on any atom is 0.253 e. The van der Waals surface area contributed by atoms with Gasteiger partial charge in [0, 0.05) is 24.2 Å². The van der Waals surface area contributed by atoms with Crippen molar-refractivity contribution in [2.75, 3.05) is 13.1 Å². The first-order valence-corrected chi connectivity index (χ1v) is 10.3. The summed E-state index contributed by atoms with van der Waals surface area (Å²) in [4.78, 5) is 15.1. The number of hydrogen-bond acceptors (Lipinski definition) is 4. The molecule has 4 rings (SSSR count). The van der Waals surface area contributed by atoms with Crippen LogP contribution in [0.25, 0.3) is 11.4 Å². The smallest absolute Gasteiger partial charge is 0.253 e. The second kappa shape index (κ2) is 8.55. The summed E-state index contributed by atoms with van der Waals surface area (Å²) in [5.74, 6) is 1.42. The Morgan fingerprint density at radius 3 is 2.55 bits per heavy atom. The van der Waals surface area contributed by atoms with Gasteiger partial charge in [0.15, 0.2) is 5.82 Å². The largest absolute Gasteiger partial charge is 0.339 e. The van der Waals surface area contributed by atoms with Crippen LogP contribution in [-0.2, 0) is 6.42 Å². The summed E-state index contributed by atoms with van der Waals surface area (Å²) < 4.78 is 1.78. The van der Waals surface area contributed by atoms with E-state index in [1.165, 1.54) is 5.56 Å². The molecule has 29 heavy (non-hydrogen) atoms. The van der Waals surface area contributed by atoms with Crippen LogP contribution in [-0.4, -0.2) is 44.1 Å². The van der Waals surface area contributed by atoms with Gasteiger partial charge in [-0.05, 0) is 67.2 Å². The van der Waals surface area contributed by atoms with Gasteiger partial charge in [0.2, 0.25) is 0 Å². The van der Waals surface area contributed by atoms with Gasteiger partial charge in [-0.2, -0.15) is 0 Å². The number of piperidine rings is 1. The average molecular weight is 390 g/mol. The number of carbonyl (C=O) groups excluding carboxylic acids is 1. The molecule has 1 aliphatic rings. The van der Waals surface area contributed by atoms with Crippen molar-refractivity contribution in [3.05, 3.63) is 65.7 Å². The van der Waals surface area contributed by atoms with Crippen molar-refractivity contribution in [2.24, 2.45) is 5.92 Å². The minimum absolute atomic E-state index is 0.0913. The summed E-state index contributed by atoms with van der Waals surface area (Å²) in [7, 11) is 0. The second-order valence-corrected chi connectivity index (χ2v) is 8.05. The molecule has 1 fully saturated rings. The molecule has 0 N–H and O–H groups in total. The Morgan fingerprint density at radius 2 is 1.83 bits per heavy atom. The molecule has 0 aliphatic carbocycles. The van der Waals surface area contributed by atoms with Crippen LogP contribution in [0.1, 0.15) is 48.7 Å². The molecule has 6 heteroatoms. The number of hydrogen-bond donors (Lipinski definition) is 0. The quantitative estimate of drug-likeness (QED) is 0.661. The zero-order chi connectivity index (χ0) is 20.2. The van der Waals surface area contributed by atoms with Crippen molar-refractivity contribution >= 4 is 5.91 Å². The van der Waals surface area contributed by atoms with Gasteiger partial charge in [-0.1, -0.05) is 42.5 Å². The van der Waals surface area contributed by atoms with Crippen LogP contribution in [0.4, 0.5) is 0 Å². The van der Waals surface area contributed by atoms with E-state index in [1.54, 1.807) is 4.68 Å². The number of tetrazole rings is 1. The van der Waals surface area contributed by atoms with Crippen LogP contribution >= 0.6 is 0 Å². The number of rotatable bonds is 5. The first-order valence-electron chi connectivity index (χ1n) is 10.3. The van der Waals surface area contributed by atoms with E-state index in [-0.39, 0.29) is 11.9 Å². The van der Waals surface area contributed by atoms with E-state index >= 15 is 0 Å². The number of aromatic nitrogens is 4. The summed E-state index contributed by atoms with van der Waals surface area (Å²) in [5.41, 5.74) is 2.95. The predicted octanol–water partition coefficient (Wildman–Crippen LogP) is 4.02. The van der Waals surface area contributed by atoms with Gasteiger partial charge in [-0.15, -0.1) is 5.10 Å². The van der Waals surface area contributed by atoms with Crippen LogP contribution in [0.3, 0.4) is 0 Å². The molecule has 0 bridgehead atoms. The van der Waals surface area contributed by atoms with E-state index in [1.807, 2.05) is 43.0 Å². The van der Waals surface area contributed by atoms with Gasteiger partial charge in [0.1, 0.15) is 0 Å². The maximum atomic E-state index is 13.1. The van der Waals surface area contributed by atoms with Crippen molar-refractivity contribution in [1.82, 2.24) is 25.1 Å². The Morgan fingerprint density at radius 1 is 1.07 bits per heavy atom. The molecule has 1 saturated heterocycles. The molecular formula is C23H27N5O. The highest BCUT2D eigenvalue weighted by atomic mass is 16.2. The van der Waals surface area contributed by atoms with E-state index in [9.17, 15) is 4.79 Å². The van der Waals surface area contributed by atoms with E-state index in [2.05, 4.69) is 45.9 Å². The van der Waals surface area contributed by atoms with Gasteiger partial charge < -0.3 is 4.90 Å². The monoisotopic (exact) mass is 389 g/mol. The normalized spacial score (nSPS) is 15.1. The minimum Gasteiger partial charge on any atom is -0.339 e. The highest BCUT2D eigenvalue weighted by Crippen LogP contribution is 2.25. The molecule has 0 spiro atoms. The zero-order valence-corrected chi connectivity index (χ0v) is 17.0. The Bertz CT molecular complexity index is 958. The highest BCUT2D eigenvalue weighted by Gasteiger charge is 2.24. The standard InChI is InChI=1S/C23H27N5O/c1-17(2)28-22(24-25-26-28)20-9-6-10-21(16-20)23(29)27-13-11-19(12-14-27)15-18-7-4-3-5-8-18/h3-10,16-17,19H,11-15H2,1-2H3. The van der Waals surface area contributed by atoms with Crippen LogP contribution in [0.5, 0.6) is 0 Å². The summed E-state index contributed by atoms with van der Waals surface area (Å²) in [6, 6.07) is 18.4. The number of benzene rings is 2. The van der Waals surface area contributed by atoms with E-state index in [4.69, 9.17) is 0 Å². The molecule has 0 unspecified atom stereocenters. The molecule has 0 atom stereocenters. The molecule has 0 radical (unpaired) electrons. The van der Waals surface area contributed by atoms with Crippen molar-refractivity contribution < 1.29 is 4.79 Å². The topological polar surface area (TPSA) is 63.9 Å². The van der Waals surface area contributed by atoms with Gasteiger partial charge in [0.05, 0.1) is 6.04 Å². The third kappa shape index (κ3) is 4.36. The molecule has 150 valence electrons. The van der Waals surface area contributed by atoms with E-state index in [0.717, 1.165) is 37.9 Å². The van der Waals surface area contributed by atoms with Crippen LogP contribution < -0.4 is 0 Å². The number of amides is 1. The van der Waals surface area contributed by atoms with Crippen molar-refractivity contribution in [3.8, 4) is 11.4 Å². The Labute approximate surface area is 171 Å². The Kier molecular flexibility index (Phi) is 5.69. The molecule has 3 aromatic rings. The van der Waals surface area contributed by atoms with Gasteiger partial charge in [-0.3, -0.25) is 4.79 Å². The molecule has 1 aromatic heterocycles. The molecule has 1 aliphatic heterocycles. The molecule has 2 aromatic carbocycles. The lowest BCUT2D eigenvalue weighted by atomic mass is 9.90. The first-order chi connectivity index (χ1) is 14.1. The molecule has 0 saturated carbocycles. The number of carbonyl (C=O) groups is 1. The summed E-state index contributed by atoms with van der Waals surface area (Å²) in [5, 5.41) is 12.0. The molecular weight excluding hydrogens is 362 g/mol. The summed E-state index contributed by atoms with van der Waals surface area (Å²) in [6.45, 7) is 5.69. The SMILES string of the molecule is CC(C)n1nnnc1-c1cccc(C(=O)N2CCC(Cc3ccccc3)CC2)c1. The average Bonchev–Trinajstić information content (AvgIpc) is 3.25. The number of likely N-dealkylation sites (tertiary alicyclic amines) is 1. The van der Waals surface area contributed by atoms with Crippen molar-refractivity contribution in [2.45, 2.75) is 39.2 Å². The van der Waals surface area contributed by atoms with Crippen molar-refractivity contribution in [1.29, 1.82) is 0 Å². The van der Waals surface area contributed by atoms with Gasteiger partial charge >= 0.3 is 0 Å². The van der Waals surface area contributed by atoms with Crippen LogP contribution in [0.15, 0.2) is 54.6 Å². The second-order valence-electron chi connectivity index (χ2n) is 8.05. The van der Waals surface area contributed by atoms with Crippen LogP contribution in [0, 0.1) is 5.92 Å². The van der Waals surface area contributed by atoms with Gasteiger partial charge in [0.25, 0.3) is 5.91 Å². The highest BCUT2D eigenvalue weighted by molar-refractivity contribution is 5.95. The van der Waals surface area contributed by atoms with E-state index in [0.29, 0.717) is 17.3 Å². The maximum absolute atomic E-state index is 13.1. The lowest BCUT2D eigenvalue weighted by Crippen LogP contribution is -2.38. The first kappa shape index (κ1) is 19.3. The summed E-state index contributed by atoms with van der Waals surface area (Å²) in [6.07, 6.45) is 3.19. The van der Waals surface area contributed by atoms with Gasteiger partial charge in [-0.25, -0.2) is 4.68 Å². The fourth-order valence-corrected chi connectivity index (χ4v) is 3.99. The fraction of sp³-hybridized carbons (Fsp3) is 0.391. The Hall–Kier alpha value is -3.02. The zero-order valence-electron chi connectivity index (χ0n) is 17.0. The minimum atomic E-state index is 0.0913. The predicted molar refractivity (Wildman–Crippen MR) is 112 cm³/mol. The van der Waals surface area contributed by atoms with Crippen molar-refractivity contribution in [3.63, 3.8) is 0 Å². The molecule has 2 heterocycles. The molecule has 6 nitrogen and oxygen atoms in total. The Balaban J connectivity index is 1.42.